The van der Waals surface area contributed by atoms with Crippen LogP contribution in [-0.4, -0.2) is 40.3 Å². The number of anilines is 2. The Bertz CT molecular complexity index is 1110. The van der Waals surface area contributed by atoms with Crippen LogP contribution < -0.4 is 20.4 Å². The van der Waals surface area contributed by atoms with Crippen molar-refractivity contribution >= 4 is 47.6 Å². The van der Waals surface area contributed by atoms with Crippen LogP contribution in [0.15, 0.2) is 54.9 Å². The topological polar surface area (TPSA) is 69.6 Å². The monoisotopic (exact) mass is 619 g/mol. The molecule has 0 spiro atoms. The first-order valence-corrected chi connectivity index (χ1v) is 13.1. The maximum absolute atomic E-state index is 9.00. The van der Waals surface area contributed by atoms with E-state index in [2.05, 4.69) is 93.1 Å². The molecule has 0 fully saturated rings. The Kier molecular flexibility index (Phi) is 12.4. The predicted octanol–water partition coefficient (Wildman–Crippen LogP) is 5.36. The molecule has 9 heteroatoms. The fourth-order valence-electron chi connectivity index (χ4n) is 3.85. The Balaban J connectivity index is 0.000000326. The summed E-state index contributed by atoms with van der Waals surface area (Å²) in [6.07, 6.45) is 1.46. The van der Waals surface area contributed by atoms with Crippen molar-refractivity contribution in [2.24, 2.45) is 0 Å². The van der Waals surface area contributed by atoms with E-state index in [9.17, 15) is 0 Å². The molecule has 1 N–H and O–H groups in total. The minimum atomic E-state index is -0.838. The van der Waals surface area contributed by atoms with Crippen molar-refractivity contribution in [3.63, 3.8) is 0 Å². The third-order valence-electron chi connectivity index (χ3n) is 5.24. The van der Waals surface area contributed by atoms with Crippen molar-refractivity contribution in [2.45, 2.75) is 39.8 Å². The summed E-state index contributed by atoms with van der Waals surface area (Å²) in [6.45, 7) is 16.5. The van der Waals surface area contributed by atoms with E-state index in [1.807, 2.05) is 30.6 Å². The molecule has 196 valence electrons. The number of aliphatic carboxylic acids is 1. The Labute approximate surface area is 235 Å². The van der Waals surface area contributed by atoms with E-state index < -0.39 is 13.9 Å². The first-order valence-electron chi connectivity index (χ1n) is 11.2. The average Bonchev–Trinajstić information content (AvgIpc) is 3.05. The molecule has 1 aromatic heterocycles. The second-order valence-electron chi connectivity index (χ2n) is 9.29. The first kappa shape index (κ1) is 31.9. The van der Waals surface area contributed by atoms with Gasteiger partial charge in [-0.3, -0.25) is 4.79 Å². The molecule has 3 aromatic rings. The Morgan fingerprint density at radius 3 is 2.06 bits per heavy atom. The van der Waals surface area contributed by atoms with Crippen LogP contribution in [0.5, 0.6) is 0 Å². The molecule has 36 heavy (non-hydrogen) atoms. The third-order valence-corrected chi connectivity index (χ3v) is 9.15. The normalized spacial score (nSPS) is 12.8. The van der Waals surface area contributed by atoms with Crippen molar-refractivity contribution in [3.8, 4) is 0 Å². The van der Waals surface area contributed by atoms with Crippen molar-refractivity contribution in [2.75, 3.05) is 23.9 Å². The van der Waals surface area contributed by atoms with Crippen LogP contribution in [0.25, 0.3) is 0 Å². The summed E-state index contributed by atoms with van der Waals surface area (Å²) in [7, 11) is 3.00. The number of carbonyl (C=O) groups is 1. The largest absolute Gasteiger partial charge is 2.00 e. The number of hydrogen-bond donors (Lipinski definition) is 1. The standard InChI is InChI=1S/C18H22P.C7H8ClN4.C2H4O2.Pd/c1-14-10-6-8-12-16(14)19(18(3,4)5)17-13-9-7-11-15(17)2;1-11-4-12(2)7-5(11)6(8)9-3-10-7;1-2(3)4;/h6-13H,1H2,2-5H3;3-4H,1-2H3;1H3,(H,3,4);/q2*-1;;+2/p+1. The van der Waals surface area contributed by atoms with E-state index in [1.54, 1.807) is 0 Å². The minimum Gasteiger partial charge on any atom is -0.500 e. The molecule has 0 saturated carbocycles. The van der Waals surface area contributed by atoms with Crippen molar-refractivity contribution in [1.29, 1.82) is 0 Å². The number of carboxylic acid groups (broad SMARTS) is 1. The van der Waals surface area contributed by atoms with Crippen LogP contribution in [0.1, 0.15) is 38.8 Å². The van der Waals surface area contributed by atoms with E-state index in [4.69, 9.17) is 21.5 Å². The van der Waals surface area contributed by atoms with Gasteiger partial charge in [0.2, 0.25) is 0 Å². The number of carboxylic acids is 1. The van der Waals surface area contributed by atoms with Crippen LogP contribution in [0.3, 0.4) is 0 Å². The van der Waals surface area contributed by atoms with Gasteiger partial charge >= 0.3 is 20.4 Å². The Morgan fingerprint density at radius 2 is 1.56 bits per heavy atom. The molecule has 1 aliphatic rings. The summed E-state index contributed by atoms with van der Waals surface area (Å²) in [4.78, 5) is 20.8. The molecular formula is C27H35ClN4O2PPd+. The molecule has 0 radical (unpaired) electrons. The second-order valence-corrected chi connectivity index (χ2v) is 13.0. The van der Waals surface area contributed by atoms with Crippen molar-refractivity contribution in [3.05, 3.63) is 84.7 Å². The van der Waals surface area contributed by atoms with Gasteiger partial charge in [-0.05, 0) is 53.4 Å². The molecule has 2 heterocycles. The molecule has 1 aliphatic heterocycles. The molecule has 4 rings (SSSR count). The molecule has 0 bridgehead atoms. The average molecular weight is 620 g/mol. The number of nitrogens with zero attached hydrogens (tertiary/aromatic N) is 4. The molecule has 0 aliphatic carbocycles. The van der Waals surface area contributed by atoms with E-state index in [1.165, 1.54) is 28.1 Å². The number of aromatic nitrogens is 2. The maximum atomic E-state index is 9.00. The third kappa shape index (κ3) is 8.46. The Hall–Kier alpha value is -2.16. The molecule has 1 atom stereocenters. The second kappa shape index (κ2) is 14.0. The summed E-state index contributed by atoms with van der Waals surface area (Å²) in [5, 5.41) is 11.1. The van der Waals surface area contributed by atoms with Gasteiger partial charge in [0.15, 0.2) is 5.15 Å². The van der Waals surface area contributed by atoms with Gasteiger partial charge in [0.05, 0.1) is 16.1 Å². The minimum absolute atomic E-state index is 0. The van der Waals surface area contributed by atoms with Gasteiger partial charge in [-0.1, -0.05) is 41.9 Å². The van der Waals surface area contributed by atoms with Crippen molar-refractivity contribution in [1.82, 2.24) is 9.97 Å². The van der Waals surface area contributed by atoms with Gasteiger partial charge in [0.1, 0.15) is 12.1 Å². The predicted molar refractivity (Wildman–Crippen MR) is 151 cm³/mol. The summed E-state index contributed by atoms with van der Waals surface area (Å²) in [5.74, 6) is 0.0116. The summed E-state index contributed by atoms with van der Waals surface area (Å²) in [6, 6.07) is 17.4. The van der Waals surface area contributed by atoms with Gasteiger partial charge in [-0.15, -0.1) is 6.07 Å². The van der Waals surface area contributed by atoms with Crippen LogP contribution in [0.2, 0.25) is 5.15 Å². The summed E-state index contributed by atoms with van der Waals surface area (Å²) < 4.78 is 0. The molecule has 0 amide bonds. The quantitative estimate of drug-likeness (QED) is 0.180. The first-order chi connectivity index (χ1) is 16.3. The van der Waals surface area contributed by atoms with E-state index in [0.717, 1.165) is 18.4 Å². The van der Waals surface area contributed by atoms with Gasteiger partial charge in [0, 0.05) is 20.1 Å². The smallest absolute Gasteiger partial charge is 0.500 e. The number of aryl methyl sites for hydroxylation is 1. The number of halogens is 1. The number of fused-ring (bicyclic) bond motifs is 1. The SMILES string of the molecule is CC(=O)O.CN1[CH-]N(C)c2c(Cl)ncnc21.[CH2-]c1ccccc1[PH+](c1ccccc1C)C(C)(C)C.[Pd+2]. The fraction of sp³-hybridized carbons (Fsp3) is 0.296. The molecular weight excluding hydrogens is 585 g/mol. The fourth-order valence-corrected chi connectivity index (χ4v) is 7.43. The molecule has 2 aromatic carbocycles. The van der Waals surface area contributed by atoms with E-state index >= 15 is 0 Å². The molecule has 0 saturated heterocycles. The zero-order valence-electron chi connectivity index (χ0n) is 21.8. The van der Waals surface area contributed by atoms with Crippen LogP contribution in [0, 0.1) is 20.5 Å². The van der Waals surface area contributed by atoms with Crippen LogP contribution in [-0.2, 0) is 25.2 Å². The van der Waals surface area contributed by atoms with Crippen molar-refractivity contribution < 1.29 is 30.3 Å². The molecule has 6 nitrogen and oxygen atoms in total. The van der Waals surface area contributed by atoms with Gasteiger partial charge in [-0.25, -0.2) is 9.97 Å². The van der Waals surface area contributed by atoms with E-state index in [0.29, 0.717) is 5.15 Å². The van der Waals surface area contributed by atoms with Gasteiger partial charge in [-0.2, -0.15) is 25.2 Å². The number of hydrogen-bond acceptors (Lipinski definition) is 5. The Morgan fingerprint density at radius 1 is 1.03 bits per heavy atom. The zero-order valence-corrected chi connectivity index (χ0v) is 25.1. The summed E-state index contributed by atoms with van der Waals surface area (Å²) >= 11 is 5.89. The van der Waals surface area contributed by atoms with Crippen LogP contribution >= 0.6 is 19.5 Å². The number of rotatable bonds is 2. The van der Waals surface area contributed by atoms with Gasteiger partial charge < -0.3 is 14.9 Å². The number of benzene rings is 2. The van der Waals surface area contributed by atoms with Crippen LogP contribution in [0.4, 0.5) is 11.5 Å². The maximum Gasteiger partial charge on any atom is 2.00 e. The van der Waals surface area contributed by atoms with Gasteiger partial charge in [0.25, 0.3) is 5.97 Å². The summed E-state index contributed by atoms with van der Waals surface area (Å²) in [5.41, 5.74) is 3.44. The van der Waals surface area contributed by atoms with E-state index in [-0.39, 0.29) is 25.6 Å². The zero-order chi connectivity index (χ0) is 26.3. The molecule has 1 unspecified atom stereocenters.